The van der Waals surface area contributed by atoms with Crippen LogP contribution in [0.2, 0.25) is 0 Å². The summed E-state index contributed by atoms with van der Waals surface area (Å²) in [5.41, 5.74) is 1.78. The molecule has 1 aliphatic rings. The second-order valence-electron chi connectivity index (χ2n) is 4.39. The Kier molecular flexibility index (Phi) is 3.16. The molecular weight excluding hydrogens is 206 g/mol. The van der Waals surface area contributed by atoms with Crippen molar-refractivity contribution >= 4 is 5.82 Å². The second kappa shape index (κ2) is 4.43. The molecule has 1 aliphatic heterocycles. The summed E-state index contributed by atoms with van der Waals surface area (Å²) in [6.07, 6.45) is 1.40. The summed E-state index contributed by atoms with van der Waals surface area (Å²) in [6, 6.07) is 0. The van der Waals surface area contributed by atoms with Crippen molar-refractivity contribution < 1.29 is 10.2 Å². The van der Waals surface area contributed by atoms with Gasteiger partial charge in [0.2, 0.25) is 0 Å². The van der Waals surface area contributed by atoms with Crippen molar-refractivity contribution in [3.63, 3.8) is 0 Å². The fourth-order valence-electron chi connectivity index (χ4n) is 2.35. The highest BCUT2D eigenvalue weighted by molar-refractivity contribution is 5.50. The zero-order valence-corrected chi connectivity index (χ0v) is 9.85. The standard InChI is InChI=1S/C11H19N3O2/c1-8-10(7-15)11(13(2)12-8)14-5-3-9(16)4-6-14/h9,15-16H,3-7H2,1-2H3. The predicted molar refractivity (Wildman–Crippen MR) is 61.3 cm³/mol. The molecule has 1 aromatic rings. The lowest BCUT2D eigenvalue weighted by Crippen LogP contribution is -2.37. The first-order chi connectivity index (χ1) is 7.63. The first-order valence-corrected chi connectivity index (χ1v) is 5.69. The lowest BCUT2D eigenvalue weighted by Gasteiger charge is -2.31. The number of rotatable bonds is 2. The van der Waals surface area contributed by atoms with E-state index in [0.717, 1.165) is 43.0 Å². The highest BCUT2D eigenvalue weighted by Crippen LogP contribution is 2.26. The Hall–Kier alpha value is -1.07. The van der Waals surface area contributed by atoms with Gasteiger partial charge < -0.3 is 15.1 Å². The summed E-state index contributed by atoms with van der Waals surface area (Å²) in [7, 11) is 1.90. The Morgan fingerprint density at radius 3 is 2.56 bits per heavy atom. The molecule has 0 aromatic carbocycles. The Labute approximate surface area is 95.3 Å². The van der Waals surface area contributed by atoms with E-state index in [1.807, 2.05) is 18.7 Å². The predicted octanol–water partition coefficient (Wildman–Crippen LogP) is 0.182. The molecular formula is C11H19N3O2. The first-order valence-electron chi connectivity index (χ1n) is 5.69. The number of hydrogen-bond acceptors (Lipinski definition) is 4. The molecule has 0 radical (unpaired) electrons. The van der Waals surface area contributed by atoms with Gasteiger partial charge in [-0.2, -0.15) is 5.10 Å². The minimum atomic E-state index is -0.178. The summed E-state index contributed by atoms with van der Waals surface area (Å²) < 4.78 is 1.82. The van der Waals surface area contributed by atoms with Crippen LogP contribution in [0.3, 0.4) is 0 Å². The lowest BCUT2D eigenvalue weighted by atomic mass is 10.1. The van der Waals surface area contributed by atoms with Gasteiger partial charge in [0, 0.05) is 25.7 Å². The smallest absolute Gasteiger partial charge is 0.132 e. The molecule has 0 aliphatic carbocycles. The van der Waals surface area contributed by atoms with Gasteiger partial charge in [0.05, 0.1) is 18.4 Å². The molecule has 16 heavy (non-hydrogen) atoms. The maximum atomic E-state index is 9.48. The van der Waals surface area contributed by atoms with Gasteiger partial charge in [0.25, 0.3) is 0 Å². The number of anilines is 1. The van der Waals surface area contributed by atoms with E-state index >= 15 is 0 Å². The van der Waals surface area contributed by atoms with E-state index in [4.69, 9.17) is 0 Å². The van der Waals surface area contributed by atoms with Crippen LogP contribution < -0.4 is 4.90 Å². The average molecular weight is 225 g/mol. The van der Waals surface area contributed by atoms with Crippen molar-refractivity contribution in [3.05, 3.63) is 11.3 Å². The van der Waals surface area contributed by atoms with E-state index < -0.39 is 0 Å². The average Bonchev–Trinajstić information content (AvgIpc) is 2.54. The molecule has 1 fully saturated rings. The third-order valence-corrected chi connectivity index (χ3v) is 3.24. The molecule has 0 saturated carbocycles. The molecule has 5 nitrogen and oxygen atoms in total. The summed E-state index contributed by atoms with van der Waals surface area (Å²) >= 11 is 0. The molecule has 90 valence electrons. The van der Waals surface area contributed by atoms with Gasteiger partial charge in [0.15, 0.2) is 0 Å². The number of piperidine rings is 1. The van der Waals surface area contributed by atoms with Gasteiger partial charge in [-0.1, -0.05) is 0 Å². The molecule has 0 spiro atoms. The molecule has 2 heterocycles. The molecule has 0 atom stereocenters. The van der Waals surface area contributed by atoms with Gasteiger partial charge >= 0.3 is 0 Å². The lowest BCUT2D eigenvalue weighted by molar-refractivity contribution is 0.145. The van der Waals surface area contributed by atoms with Crippen molar-refractivity contribution in [1.82, 2.24) is 9.78 Å². The molecule has 1 saturated heterocycles. The van der Waals surface area contributed by atoms with Crippen molar-refractivity contribution in [2.24, 2.45) is 7.05 Å². The number of aliphatic hydroxyl groups excluding tert-OH is 2. The normalized spacial score (nSPS) is 18.1. The van der Waals surface area contributed by atoms with Crippen LogP contribution in [0.5, 0.6) is 0 Å². The Balaban J connectivity index is 2.25. The quantitative estimate of drug-likeness (QED) is 0.754. The van der Waals surface area contributed by atoms with E-state index in [-0.39, 0.29) is 12.7 Å². The van der Waals surface area contributed by atoms with Crippen LogP contribution in [0.25, 0.3) is 0 Å². The third kappa shape index (κ3) is 1.92. The molecule has 1 aromatic heterocycles. The summed E-state index contributed by atoms with van der Waals surface area (Å²) in [4.78, 5) is 2.19. The Bertz CT molecular complexity index is 368. The van der Waals surface area contributed by atoms with Crippen molar-refractivity contribution in [2.45, 2.75) is 32.5 Å². The van der Waals surface area contributed by atoms with E-state index in [9.17, 15) is 10.2 Å². The third-order valence-electron chi connectivity index (χ3n) is 3.24. The maximum absolute atomic E-state index is 9.48. The number of nitrogens with zero attached hydrogens (tertiary/aromatic N) is 3. The van der Waals surface area contributed by atoms with Crippen LogP contribution >= 0.6 is 0 Å². The molecule has 2 N–H and O–H groups in total. The number of aryl methyl sites for hydroxylation is 2. The van der Waals surface area contributed by atoms with Crippen molar-refractivity contribution in [3.8, 4) is 0 Å². The Morgan fingerprint density at radius 2 is 2.00 bits per heavy atom. The fourth-order valence-corrected chi connectivity index (χ4v) is 2.35. The molecule has 5 heteroatoms. The van der Waals surface area contributed by atoms with Crippen LogP contribution in [0, 0.1) is 6.92 Å². The molecule has 2 rings (SSSR count). The van der Waals surface area contributed by atoms with Crippen LogP contribution in [0.15, 0.2) is 0 Å². The SMILES string of the molecule is Cc1nn(C)c(N2CCC(O)CC2)c1CO. The van der Waals surface area contributed by atoms with Crippen LogP contribution in [-0.2, 0) is 13.7 Å². The number of aliphatic hydroxyl groups is 2. The van der Waals surface area contributed by atoms with E-state index in [2.05, 4.69) is 10.00 Å². The topological polar surface area (TPSA) is 61.5 Å². The summed E-state index contributed by atoms with van der Waals surface area (Å²) in [5.74, 6) is 0.993. The molecule has 0 bridgehead atoms. The van der Waals surface area contributed by atoms with Crippen LogP contribution in [0.1, 0.15) is 24.1 Å². The van der Waals surface area contributed by atoms with E-state index in [0.29, 0.717) is 0 Å². The van der Waals surface area contributed by atoms with Crippen molar-refractivity contribution in [1.29, 1.82) is 0 Å². The summed E-state index contributed by atoms with van der Waals surface area (Å²) in [6.45, 7) is 3.59. The van der Waals surface area contributed by atoms with Crippen LogP contribution in [-0.4, -0.2) is 39.2 Å². The maximum Gasteiger partial charge on any atom is 0.132 e. The summed E-state index contributed by atoms with van der Waals surface area (Å²) in [5, 5.41) is 23.2. The fraction of sp³-hybridized carbons (Fsp3) is 0.727. The van der Waals surface area contributed by atoms with Crippen LogP contribution in [0.4, 0.5) is 5.82 Å². The van der Waals surface area contributed by atoms with Gasteiger partial charge in [0.1, 0.15) is 5.82 Å². The van der Waals surface area contributed by atoms with E-state index in [1.165, 1.54) is 0 Å². The van der Waals surface area contributed by atoms with Gasteiger partial charge in [-0.3, -0.25) is 4.68 Å². The van der Waals surface area contributed by atoms with Gasteiger partial charge in [-0.05, 0) is 19.8 Å². The highest BCUT2D eigenvalue weighted by Gasteiger charge is 2.23. The number of aromatic nitrogens is 2. The van der Waals surface area contributed by atoms with Gasteiger partial charge in [-0.25, -0.2) is 0 Å². The first kappa shape index (κ1) is 11.4. The molecule has 0 unspecified atom stereocenters. The second-order valence-corrected chi connectivity index (χ2v) is 4.39. The largest absolute Gasteiger partial charge is 0.393 e. The zero-order chi connectivity index (χ0) is 11.7. The monoisotopic (exact) mass is 225 g/mol. The Morgan fingerprint density at radius 1 is 1.38 bits per heavy atom. The molecule has 0 amide bonds. The zero-order valence-electron chi connectivity index (χ0n) is 9.85. The minimum Gasteiger partial charge on any atom is -0.393 e. The van der Waals surface area contributed by atoms with E-state index in [1.54, 1.807) is 0 Å². The minimum absolute atomic E-state index is 0.0219. The van der Waals surface area contributed by atoms with Gasteiger partial charge in [-0.15, -0.1) is 0 Å². The van der Waals surface area contributed by atoms with Crippen molar-refractivity contribution in [2.75, 3.05) is 18.0 Å². The number of hydrogen-bond donors (Lipinski definition) is 2. The highest BCUT2D eigenvalue weighted by atomic mass is 16.3.